The first-order chi connectivity index (χ1) is 10.8. The number of nitrogens with zero attached hydrogens (tertiary/aromatic N) is 1. The number of carbonyl (C=O) groups is 1. The first kappa shape index (κ1) is 16.2. The second-order valence-corrected chi connectivity index (χ2v) is 7.03. The van der Waals surface area contributed by atoms with Crippen molar-refractivity contribution in [1.82, 2.24) is 4.98 Å². The van der Waals surface area contributed by atoms with Crippen molar-refractivity contribution < 1.29 is 18.0 Å². The molecule has 1 aromatic rings. The van der Waals surface area contributed by atoms with Crippen LogP contribution in [0.2, 0.25) is 0 Å². The largest absolute Gasteiger partial charge is 0.412 e. The Hall–Kier alpha value is -1.63. The highest BCUT2D eigenvalue weighted by Crippen LogP contribution is 2.35. The van der Waals surface area contributed by atoms with Crippen LogP contribution in [0.15, 0.2) is 23.3 Å². The molecule has 3 nitrogen and oxygen atoms in total. The number of alkyl halides is 3. The van der Waals surface area contributed by atoms with E-state index >= 15 is 0 Å². The molecule has 0 radical (unpaired) electrons. The highest BCUT2D eigenvalue weighted by molar-refractivity contribution is 7.16. The van der Waals surface area contributed by atoms with Gasteiger partial charge in [-0.15, -0.1) is 11.3 Å². The Labute approximate surface area is 136 Å². The Bertz CT molecular complexity index is 684. The van der Waals surface area contributed by atoms with Crippen molar-refractivity contribution in [2.24, 2.45) is 5.92 Å². The minimum atomic E-state index is -4.26. The smallest absolute Gasteiger partial charge is 0.316 e. The third-order valence-electron chi connectivity index (χ3n) is 3.93. The van der Waals surface area contributed by atoms with Gasteiger partial charge in [-0.2, -0.15) is 13.2 Å². The molecule has 23 heavy (non-hydrogen) atoms. The Morgan fingerprint density at radius 2 is 2.17 bits per heavy atom. The molecule has 0 atom stereocenters. The summed E-state index contributed by atoms with van der Waals surface area (Å²) in [7, 11) is 0. The van der Waals surface area contributed by atoms with Crippen LogP contribution in [0.25, 0.3) is 0 Å². The SMILES string of the molecule is Cc1nc(CC2=CCCC(C(F)(F)F)=C2)sc1NC(=O)C1CC1. The van der Waals surface area contributed by atoms with E-state index in [0.29, 0.717) is 23.4 Å². The summed E-state index contributed by atoms with van der Waals surface area (Å²) in [5.41, 5.74) is 0.873. The van der Waals surface area contributed by atoms with Crippen LogP contribution in [0, 0.1) is 12.8 Å². The van der Waals surface area contributed by atoms with Gasteiger partial charge in [0, 0.05) is 17.9 Å². The summed E-state index contributed by atoms with van der Waals surface area (Å²) in [6.45, 7) is 1.80. The molecule has 2 aliphatic carbocycles. The van der Waals surface area contributed by atoms with Crippen molar-refractivity contribution in [2.75, 3.05) is 5.32 Å². The number of hydrogen-bond acceptors (Lipinski definition) is 3. The first-order valence-corrected chi connectivity index (χ1v) is 8.38. The number of carbonyl (C=O) groups excluding carboxylic acids is 1. The molecule has 0 aliphatic heterocycles. The van der Waals surface area contributed by atoms with Gasteiger partial charge in [0.25, 0.3) is 0 Å². The highest BCUT2D eigenvalue weighted by atomic mass is 32.1. The second-order valence-electron chi connectivity index (χ2n) is 5.95. The molecule has 0 bridgehead atoms. The molecule has 0 saturated heterocycles. The lowest BCUT2D eigenvalue weighted by atomic mass is 9.97. The average molecular weight is 342 g/mol. The van der Waals surface area contributed by atoms with E-state index in [1.807, 2.05) is 6.08 Å². The zero-order chi connectivity index (χ0) is 16.6. The molecule has 1 aromatic heterocycles. The predicted octanol–water partition coefficient (Wildman–Crippen LogP) is 4.55. The fourth-order valence-electron chi connectivity index (χ4n) is 2.49. The van der Waals surface area contributed by atoms with E-state index in [4.69, 9.17) is 0 Å². The summed E-state index contributed by atoms with van der Waals surface area (Å²) in [6, 6.07) is 0. The zero-order valence-electron chi connectivity index (χ0n) is 12.7. The van der Waals surface area contributed by atoms with Gasteiger partial charge in [0.2, 0.25) is 5.91 Å². The molecular weight excluding hydrogens is 325 g/mol. The minimum Gasteiger partial charge on any atom is -0.316 e. The van der Waals surface area contributed by atoms with E-state index in [-0.39, 0.29) is 18.2 Å². The lowest BCUT2D eigenvalue weighted by Crippen LogP contribution is -2.14. The van der Waals surface area contributed by atoms with E-state index in [9.17, 15) is 18.0 Å². The zero-order valence-corrected chi connectivity index (χ0v) is 13.5. The number of anilines is 1. The Kier molecular flexibility index (Phi) is 4.31. The van der Waals surface area contributed by atoms with Gasteiger partial charge in [0.1, 0.15) is 5.00 Å². The highest BCUT2D eigenvalue weighted by Gasteiger charge is 2.34. The van der Waals surface area contributed by atoms with Crippen LogP contribution in [0.1, 0.15) is 36.4 Å². The van der Waals surface area contributed by atoms with Gasteiger partial charge < -0.3 is 5.32 Å². The molecule has 1 saturated carbocycles. The monoisotopic (exact) mass is 342 g/mol. The van der Waals surface area contributed by atoms with E-state index in [2.05, 4.69) is 10.3 Å². The van der Waals surface area contributed by atoms with Crippen LogP contribution < -0.4 is 5.32 Å². The lowest BCUT2D eigenvalue weighted by molar-refractivity contribution is -0.117. The van der Waals surface area contributed by atoms with Crippen molar-refractivity contribution in [3.63, 3.8) is 0 Å². The van der Waals surface area contributed by atoms with Crippen LogP contribution in [0.5, 0.6) is 0 Å². The van der Waals surface area contributed by atoms with Crippen LogP contribution in [0.3, 0.4) is 0 Å². The number of aryl methyl sites for hydroxylation is 1. The maximum absolute atomic E-state index is 12.8. The molecule has 2 aliphatic rings. The Morgan fingerprint density at radius 3 is 2.83 bits per heavy atom. The number of allylic oxidation sites excluding steroid dienone is 4. The molecule has 124 valence electrons. The molecular formula is C16H17F3N2OS. The summed E-state index contributed by atoms with van der Waals surface area (Å²) < 4.78 is 38.4. The average Bonchev–Trinajstić information content (AvgIpc) is 3.25. The van der Waals surface area contributed by atoms with Crippen molar-refractivity contribution in [3.05, 3.63) is 34.0 Å². The number of rotatable bonds is 4. The van der Waals surface area contributed by atoms with Gasteiger partial charge >= 0.3 is 6.18 Å². The number of aromatic nitrogens is 1. The summed E-state index contributed by atoms with van der Waals surface area (Å²) in [4.78, 5) is 16.2. The number of nitrogens with one attached hydrogen (secondary N) is 1. The molecule has 1 heterocycles. The Morgan fingerprint density at radius 1 is 1.43 bits per heavy atom. The number of hydrogen-bond donors (Lipinski definition) is 1. The number of halogens is 3. The standard InChI is InChI=1S/C16H17F3N2OS/c1-9-15(21-14(22)11-5-6-11)23-13(20-9)8-10-3-2-4-12(7-10)16(17,18)19/h3,7,11H,2,4-6,8H2,1H3,(H,21,22). The fraction of sp³-hybridized carbons (Fsp3) is 0.500. The molecule has 0 unspecified atom stereocenters. The van der Waals surface area contributed by atoms with Gasteiger partial charge in [-0.1, -0.05) is 12.2 Å². The molecule has 1 N–H and O–H groups in total. The third-order valence-corrected chi connectivity index (χ3v) is 5.00. The maximum atomic E-state index is 12.8. The summed E-state index contributed by atoms with van der Waals surface area (Å²) in [5, 5.41) is 4.29. The summed E-state index contributed by atoms with van der Waals surface area (Å²) in [5.74, 6) is 0.123. The van der Waals surface area contributed by atoms with Crippen molar-refractivity contribution >= 4 is 22.2 Å². The molecule has 1 fully saturated rings. The minimum absolute atomic E-state index is 0.0134. The second kappa shape index (κ2) is 6.11. The first-order valence-electron chi connectivity index (χ1n) is 7.57. The fourth-order valence-corrected chi connectivity index (χ4v) is 3.49. The van der Waals surface area contributed by atoms with Gasteiger partial charge in [0.05, 0.1) is 10.7 Å². The van der Waals surface area contributed by atoms with E-state index < -0.39 is 11.7 Å². The Balaban J connectivity index is 1.69. The molecule has 3 rings (SSSR count). The summed E-state index contributed by atoms with van der Waals surface area (Å²) >= 11 is 1.34. The molecule has 0 aromatic carbocycles. The van der Waals surface area contributed by atoms with Gasteiger partial charge in [-0.3, -0.25) is 4.79 Å². The van der Waals surface area contributed by atoms with Crippen LogP contribution in [-0.4, -0.2) is 17.1 Å². The topological polar surface area (TPSA) is 42.0 Å². The van der Waals surface area contributed by atoms with E-state index in [1.165, 1.54) is 17.4 Å². The third kappa shape index (κ3) is 4.02. The quantitative estimate of drug-likeness (QED) is 0.872. The van der Waals surface area contributed by atoms with Crippen LogP contribution in [-0.2, 0) is 11.2 Å². The van der Waals surface area contributed by atoms with Gasteiger partial charge in [0.15, 0.2) is 0 Å². The number of amides is 1. The van der Waals surface area contributed by atoms with Crippen molar-refractivity contribution in [3.8, 4) is 0 Å². The normalized spacial score (nSPS) is 18.4. The lowest BCUT2D eigenvalue weighted by Gasteiger charge is -2.15. The van der Waals surface area contributed by atoms with E-state index in [0.717, 1.165) is 23.5 Å². The van der Waals surface area contributed by atoms with Gasteiger partial charge in [-0.25, -0.2) is 4.98 Å². The molecule has 0 spiro atoms. The van der Waals surface area contributed by atoms with E-state index in [1.54, 1.807) is 6.92 Å². The molecule has 7 heteroatoms. The van der Waals surface area contributed by atoms with Crippen molar-refractivity contribution in [1.29, 1.82) is 0 Å². The summed E-state index contributed by atoms with van der Waals surface area (Å²) in [6.07, 6.45) is 1.44. The molecule has 1 amide bonds. The predicted molar refractivity (Wildman–Crippen MR) is 83.4 cm³/mol. The maximum Gasteiger partial charge on any atom is 0.412 e. The van der Waals surface area contributed by atoms with Crippen LogP contribution >= 0.6 is 11.3 Å². The van der Waals surface area contributed by atoms with Crippen molar-refractivity contribution in [2.45, 2.75) is 45.2 Å². The number of thiazole rings is 1. The van der Waals surface area contributed by atoms with Crippen LogP contribution in [0.4, 0.5) is 18.2 Å². The van der Waals surface area contributed by atoms with Gasteiger partial charge in [-0.05, 0) is 38.2 Å².